The van der Waals surface area contributed by atoms with Gasteiger partial charge in [0.25, 0.3) is 0 Å². The van der Waals surface area contributed by atoms with Crippen LogP contribution in [0.25, 0.3) is 10.6 Å². The van der Waals surface area contributed by atoms with E-state index in [4.69, 9.17) is 9.84 Å². The number of ether oxygens (including phenoxy) is 1. The topological polar surface area (TPSA) is 100 Å². The maximum absolute atomic E-state index is 9.60. The number of aliphatic hydroxyl groups excluding tert-OH is 2. The van der Waals surface area contributed by atoms with Gasteiger partial charge in [-0.1, -0.05) is 6.07 Å². The first-order valence-corrected chi connectivity index (χ1v) is 8.55. The van der Waals surface area contributed by atoms with Gasteiger partial charge in [-0.2, -0.15) is 0 Å². The van der Waals surface area contributed by atoms with E-state index in [0.29, 0.717) is 22.4 Å². The molecule has 0 aliphatic heterocycles. The van der Waals surface area contributed by atoms with Crippen molar-refractivity contribution in [2.45, 2.75) is 13.0 Å². The molecule has 8 heteroatoms. The van der Waals surface area contributed by atoms with Crippen LogP contribution in [0.5, 0.6) is 5.75 Å². The molecule has 0 fully saturated rings. The van der Waals surface area contributed by atoms with Crippen LogP contribution in [0, 0.1) is 0 Å². The van der Waals surface area contributed by atoms with Crippen molar-refractivity contribution in [1.82, 2.24) is 15.0 Å². The highest BCUT2D eigenvalue weighted by Crippen LogP contribution is 2.29. The molecule has 3 N–H and O–H groups in total. The summed E-state index contributed by atoms with van der Waals surface area (Å²) in [5.74, 6) is 1.84. The standard InChI is InChI=1S/C17H18N4O3S/c1-11(23)17-19-10-14(25-17)13-3-2-4-15(20-13)21-16-9-12(5-6-18-16)24-8-7-22/h2-6,9-11,22-23H,7-8H2,1H3,(H,18,20,21). The van der Waals surface area contributed by atoms with Gasteiger partial charge in [0.05, 0.1) is 17.2 Å². The first kappa shape index (κ1) is 17.3. The zero-order valence-corrected chi connectivity index (χ0v) is 14.4. The molecule has 0 aliphatic rings. The van der Waals surface area contributed by atoms with Crippen LogP contribution >= 0.6 is 11.3 Å². The molecule has 0 bridgehead atoms. The van der Waals surface area contributed by atoms with Crippen molar-refractivity contribution >= 4 is 23.0 Å². The number of aromatic nitrogens is 3. The fourth-order valence-corrected chi connectivity index (χ4v) is 2.93. The number of aliphatic hydroxyl groups is 2. The Labute approximate surface area is 149 Å². The lowest BCUT2D eigenvalue weighted by molar-refractivity contribution is 0.199. The van der Waals surface area contributed by atoms with Gasteiger partial charge >= 0.3 is 0 Å². The Bertz CT molecular complexity index is 838. The lowest BCUT2D eigenvalue weighted by Gasteiger charge is -2.08. The van der Waals surface area contributed by atoms with Gasteiger partial charge in [0, 0.05) is 18.5 Å². The molecule has 3 rings (SSSR count). The summed E-state index contributed by atoms with van der Waals surface area (Å²) in [6.45, 7) is 1.87. The highest BCUT2D eigenvalue weighted by molar-refractivity contribution is 7.15. The summed E-state index contributed by atoms with van der Waals surface area (Å²) in [4.78, 5) is 13.9. The van der Waals surface area contributed by atoms with Crippen molar-refractivity contribution in [3.63, 3.8) is 0 Å². The van der Waals surface area contributed by atoms with Crippen LogP contribution in [0.1, 0.15) is 18.0 Å². The minimum absolute atomic E-state index is 0.0437. The quantitative estimate of drug-likeness (QED) is 0.597. The molecule has 1 atom stereocenters. The minimum atomic E-state index is -0.592. The van der Waals surface area contributed by atoms with Crippen LogP contribution < -0.4 is 10.1 Å². The van der Waals surface area contributed by atoms with E-state index in [2.05, 4.69) is 20.3 Å². The largest absolute Gasteiger partial charge is 0.491 e. The number of rotatable bonds is 7. The van der Waals surface area contributed by atoms with E-state index in [1.165, 1.54) is 11.3 Å². The van der Waals surface area contributed by atoms with Gasteiger partial charge in [-0.05, 0) is 25.1 Å². The summed E-state index contributed by atoms with van der Waals surface area (Å²) < 4.78 is 5.37. The third kappa shape index (κ3) is 4.50. The summed E-state index contributed by atoms with van der Waals surface area (Å²) >= 11 is 1.41. The molecule has 3 aromatic heterocycles. The van der Waals surface area contributed by atoms with Crippen LogP contribution in [-0.4, -0.2) is 38.4 Å². The molecule has 7 nitrogen and oxygen atoms in total. The smallest absolute Gasteiger partial charge is 0.135 e. The van der Waals surface area contributed by atoms with Crippen LogP contribution in [0.3, 0.4) is 0 Å². The highest BCUT2D eigenvalue weighted by atomic mass is 32.1. The number of nitrogens with one attached hydrogen (secondary N) is 1. The Kier molecular flexibility index (Phi) is 5.54. The summed E-state index contributed by atoms with van der Waals surface area (Å²) in [5.41, 5.74) is 0.766. The SMILES string of the molecule is CC(O)c1ncc(-c2cccc(Nc3cc(OCCO)ccn3)n2)s1. The van der Waals surface area contributed by atoms with Crippen molar-refractivity contribution in [3.05, 3.63) is 47.7 Å². The van der Waals surface area contributed by atoms with Gasteiger partial charge in [-0.3, -0.25) is 0 Å². The van der Waals surface area contributed by atoms with Gasteiger partial charge in [0.1, 0.15) is 35.1 Å². The van der Waals surface area contributed by atoms with Crippen LogP contribution in [0.2, 0.25) is 0 Å². The molecule has 0 aromatic carbocycles. The van der Waals surface area contributed by atoms with Gasteiger partial charge < -0.3 is 20.3 Å². The highest BCUT2D eigenvalue weighted by Gasteiger charge is 2.10. The lowest BCUT2D eigenvalue weighted by atomic mass is 10.3. The number of nitrogens with zero attached hydrogens (tertiary/aromatic N) is 3. The molecule has 0 spiro atoms. The molecular formula is C17H18N4O3S. The predicted molar refractivity (Wildman–Crippen MR) is 96.1 cm³/mol. The molecule has 0 amide bonds. The first-order valence-electron chi connectivity index (χ1n) is 7.73. The normalized spacial score (nSPS) is 12.0. The van der Waals surface area contributed by atoms with Gasteiger partial charge in [-0.25, -0.2) is 15.0 Å². The number of pyridine rings is 2. The maximum Gasteiger partial charge on any atom is 0.135 e. The van der Waals surface area contributed by atoms with Crippen LogP contribution in [-0.2, 0) is 0 Å². The van der Waals surface area contributed by atoms with Gasteiger partial charge in [0.15, 0.2) is 0 Å². The summed E-state index contributed by atoms with van der Waals surface area (Å²) in [6.07, 6.45) is 2.74. The Hall–Kier alpha value is -2.55. The van der Waals surface area contributed by atoms with E-state index >= 15 is 0 Å². The monoisotopic (exact) mass is 358 g/mol. The van der Waals surface area contributed by atoms with E-state index in [0.717, 1.165) is 10.6 Å². The number of anilines is 2. The molecule has 0 saturated heterocycles. The Morgan fingerprint density at radius 3 is 2.88 bits per heavy atom. The summed E-state index contributed by atoms with van der Waals surface area (Å²) in [5, 5.41) is 22.2. The minimum Gasteiger partial charge on any atom is -0.491 e. The van der Waals surface area contributed by atoms with Crippen molar-refractivity contribution < 1.29 is 14.9 Å². The number of thiazole rings is 1. The molecule has 130 valence electrons. The van der Waals surface area contributed by atoms with Crippen molar-refractivity contribution in [2.24, 2.45) is 0 Å². The number of hydrogen-bond donors (Lipinski definition) is 3. The molecule has 3 aromatic rings. The van der Waals surface area contributed by atoms with Crippen LogP contribution in [0.4, 0.5) is 11.6 Å². The third-order valence-electron chi connectivity index (χ3n) is 3.23. The fraction of sp³-hybridized carbons (Fsp3) is 0.235. The van der Waals surface area contributed by atoms with E-state index < -0.39 is 6.10 Å². The van der Waals surface area contributed by atoms with E-state index in [1.54, 1.807) is 31.5 Å². The molecular weight excluding hydrogens is 340 g/mol. The number of hydrogen-bond acceptors (Lipinski definition) is 8. The molecule has 1 unspecified atom stereocenters. The summed E-state index contributed by atoms with van der Waals surface area (Å²) in [6, 6.07) is 9.07. The van der Waals surface area contributed by atoms with Crippen molar-refractivity contribution in [2.75, 3.05) is 18.5 Å². The van der Waals surface area contributed by atoms with Crippen molar-refractivity contribution in [1.29, 1.82) is 0 Å². The predicted octanol–water partition coefficient (Wildman–Crippen LogP) is 2.77. The van der Waals surface area contributed by atoms with E-state index in [1.807, 2.05) is 18.2 Å². The molecule has 25 heavy (non-hydrogen) atoms. The fourth-order valence-electron chi connectivity index (χ4n) is 2.10. The second-order valence-corrected chi connectivity index (χ2v) is 6.28. The molecule has 0 aliphatic carbocycles. The average Bonchev–Trinajstić information content (AvgIpc) is 3.11. The zero-order valence-electron chi connectivity index (χ0n) is 13.6. The lowest BCUT2D eigenvalue weighted by Crippen LogP contribution is -2.02. The van der Waals surface area contributed by atoms with Gasteiger partial charge in [-0.15, -0.1) is 11.3 Å². The average molecular weight is 358 g/mol. The van der Waals surface area contributed by atoms with Crippen LogP contribution in [0.15, 0.2) is 42.7 Å². The molecule has 0 radical (unpaired) electrons. The third-order valence-corrected chi connectivity index (χ3v) is 4.42. The summed E-state index contributed by atoms with van der Waals surface area (Å²) in [7, 11) is 0. The van der Waals surface area contributed by atoms with E-state index in [9.17, 15) is 5.11 Å². The Morgan fingerprint density at radius 1 is 1.24 bits per heavy atom. The van der Waals surface area contributed by atoms with Crippen molar-refractivity contribution in [3.8, 4) is 16.3 Å². The second-order valence-electron chi connectivity index (χ2n) is 5.22. The maximum atomic E-state index is 9.60. The zero-order chi connectivity index (χ0) is 17.6. The second kappa shape index (κ2) is 8.02. The molecule has 0 saturated carbocycles. The Balaban J connectivity index is 1.77. The Morgan fingerprint density at radius 2 is 2.12 bits per heavy atom. The van der Waals surface area contributed by atoms with Gasteiger partial charge in [0.2, 0.25) is 0 Å². The van der Waals surface area contributed by atoms with E-state index in [-0.39, 0.29) is 13.2 Å². The molecule has 3 heterocycles. The first-order chi connectivity index (χ1) is 12.2.